The molecule has 20 heavy (non-hydrogen) atoms. The van der Waals surface area contributed by atoms with E-state index in [1.54, 1.807) is 6.20 Å². The van der Waals surface area contributed by atoms with Gasteiger partial charge in [-0.2, -0.15) is 0 Å². The summed E-state index contributed by atoms with van der Waals surface area (Å²) in [5.41, 5.74) is 0.872. The average Bonchev–Trinajstić information content (AvgIpc) is 3.03. The number of nitrogens with zero attached hydrogens (tertiary/aromatic N) is 2. The molecule has 4 heteroatoms. The molecule has 1 N–H and O–H groups in total. The first-order chi connectivity index (χ1) is 9.83. The standard InChI is InChI=1S/C16H23N3O/c20-16(12-14-4-1-2-8-17-14)19-10-6-13(7-11-19)15-5-3-9-18-15/h1-2,4,8,13,15,18H,3,5-7,9-12H2. The number of amides is 1. The third kappa shape index (κ3) is 3.18. The van der Waals surface area contributed by atoms with Crippen LogP contribution in [-0.2, 0) is 11.2 Å². The van der Waals surface area contributed by atoms with Crippen molar-refractivity contribution in [3.05, 3.63) is 30.1 Å². The van der Waals surface area contributed by atoms with E-state index < -0.39 is 0 Å². The fourth-order valence-electron chi connectivity index (χ4n) is 3.43. The third-order valence-corrected chi connectivity index (χ3v) is 4.62. The van der Waals surface area contributed by atoms with Crippen molar-refractivity contribution in [1.82, 2.24) is 15.2 Å². The molecule has 0 saturated carbocycles. The van der Waals surface area contributed by atoms with Crippen molar-refractivity contribution in [3.63, 3.8) is 0 Å². The van der Waals surface area contributed by atoms with E-state index in [0.717, 1.165) is 37.5 Å². The van der Waals surface area contributed by atoms with Crippen LogP contribution in [0.15, 0.2) is 24.4 Å². The lowest BCUT2D eigenvalue weighted by atomic mass is 9.88. The molecular formula is C16H23N3O. The third-order valence-electron chi connectivity index (χ3n) is 4.62. The maximum Gasteiger partial charge on any atom is 0.228 e. The van der Waals surface area contributed by atoms with E-state index in [1.807, 2.05) is 23.1 Å². The van der Waals surface area contributed by atoms with Gasteiger partial charge in [-0.05, 0) is 50.3 Å². The summed E-state index contributed by atoms with van der Waals surface area (Å²) in [7, 11) is 0. The molecule has 0 spiro atoms. The lowest BCUT2D eigenvalue weighted by molar-refractivity contribution is -0.132. The van der Waals surface area contributed by atoms with E-state index in [4.69, 9.17) is 0 Å². The van der Waals surface area contributed by atoms with Crippen LogP contribution in [0.25, 0.3) is 0 Å². The molecule has 4 nitrogen and oxygen atoms in total. The summed E-state index contributed by atoms with van der Waals surface area (Å²) >= 11 is 0. The fourth-order valence-corrected chi connectivity index (χ4v) is 3.43. The normalized spacial score (nSPS) is 24.0. The molecule has 0 radical (unpaired) electrons. The van der Waals surface area contributed by atoms with Crippen LogP contribution in [0.2, 0.25) is 0 Å². The summed E-state index contributed by atoms with van der Waals surface area (Å²) in [4.78, 5) is 18.5. The number of likely N-dealkylation sites (tertiary alicyclic amines) is 1. The van der Waals surface area contributed by atoms with Crippen LogP contribution < -0.4 is 5.32 Å². The van der Waals surface area contributed by atoms with Gasteiger partial charge in [0.05, 0.1) is 6.42 Å². The van der Waals surface area contributed by atoms with Gasteiger partial charge in [-0.3, -0.25) is 9.78 Å². The van der Waals surface area contributed by atoms with Crippen LogP contribution in [0, 0.1) is 5.92 Å². The summed E-state index contributed by atoms with van der Waals surface area (Å²) in [6.07, 6.45) is 7.10. The quantitative estimate of drug-likeness (QED) is 0.910. The minimum atomic E-state index is 0.224. The monoisotopic (exact) mass is 273 g/mol. The zero-order chi connectivity index (χ0) is 13.8. The molecule has 2 fully saturated rings. The molecule has 1 atom stereocenters. The molecule has 0 aromatic carbocycles. The zero-order valence-corrected chi connectivity index (χ0v) is 11.9. The van der Waals surface area contributed by atoms with Gasteiger partial charge >= 0.3 is 0 Å². The molecular weight excluding hydrogens is 250 g/mol. The molecule has 1 unspecified atom stereocenters. The Balaban J connectivity index is 1.49. The molecule has 1 aromatic rings. The Morgan fingerprint density at radius 2 is 2.15 bits per heavy atom. The molecule has 0 aliphatic carbocycles. The van der Waals surface area contributed by atoms with Crippen molar-refractivity contribution in [1.29, 1.82) is 0 Å². The van der Waals surface area contributed by atoms with Crippen molar-refractivity contribution in [2.24, 2.45) is 5.92 Å². The number of nitrogens with one attached hydrogen (secondary N) is 1. The highest BCUT2D eigenvalue weighted by Crippen LogP contribution is 2.25. The number of aromatic nitrogens is 1. The first-order valence-electron chi connectivity index (χ1n) is 7.74. The van der Waals surface area contributed by atoms with Gasteiger partial charge in [0.15, 0.2) is 0 Å². The van der Waals surface area contributed by atoms with Crippen LogP contribution in [-0.4, -0.2) is 41.5 Å². The molecule has 1 aromatic heterocycles. The zero-order valence-electron chi connectivity index (χ0n) is 11.9. The van der Waals surface area contributed by atoms with E-state index in [0.29, 0.717) is 12.5 Å². The van der Waals surface area contributed by atoms with Crippen molar-refractivity contribution >= 4 is 5.91 Å². The maximum absolute atomic E-state index is 12.3. The molecule has 108 valence electrons. The smallest absolute Gasteiger partial charge is 0.228 e. The molecule has 2 saturated heterocycles. The van der Waals surface area contributed by atoms with Crippen molar-refractivity contribution < 1.29 is 4.79 Å². The SMILES string of the molecule is O=C(Cc1ccccn1)N1CCC(C2CCCN2)CC1. The average molecular weight is 273 g/mol. The van der Waals surface area contributed by atoms with Gasteiger partial charge in [0.2, 0.25) is 5.91 Å². The Hall–Kier alpha value is -1.42. The van der Waals surface area contributed by atoms with E-state index in [9.17, 15) is 4.79 Å². The predicted octanol–water partition coefficient (Wildman–Crippen LogP) is 1.61. The van der Waals surface area contributed by atoms with Gasteiger partial charge < -0.3 is 10.2 Å². The van der Waals surface area contributed by atoms with Crippen LogP contribution in [0.3, 0.4) is 0 Å². The van der Waals surface area contributed by atoms with Gasteiger partial charge in [0.25, 0.3) is 0 Å². The Bertz CT molecular complexity index is 434. The minimum Gasteiger partial charge on any atom is -0.342 e. The summed E-state index contributed by atoms with van der Waals surface area (Å²) in [5, 5.41) is 3.60. The van der Waals surface area contributed by atoms with E-state index in [1.165, 1.54) is 19.4 Å². The highest BCUT2D eigenvalue weighted by Gasteiger charge is 2.29. The van der Waals surface area contributed by atoms with E-state index >= 15 is 0 Å². The number of piperidine rings is 1. The summed E-state index contributed by atoms with van der Waals surface area (Å²) in [6.45, 7) is 2.99. The second-order valence-electron chi connectivity index (χ2n) is 5.92. The predicted molar refractivity (Wildman–Crippen MR) is 78.3 cm³/mol. The molecule has 3 heterocycles. The maximum atomic E-state index is 12.3. The van der Waals surface area contributed by atoms with Crippen molar-refractivity contribution in [2.75, 3.05) is 19.6 Å². The Morgan fingerprint density at radius 3 is 2.80 bits per heavy atom. The Kier molecular flexibility index (Phi) is 4.31. The topological polar surface area (TPSA) is 45.2 Å². The summed E-state index contributed by atoms with van der Waals surface area (Å²) in [5.74, 6) is 0.984. The highest BCUT2D eigenvalue weighted by atomic mass is 16.2. The first-order valence-corrected chi connectivity index (χ1v) is 7.74. The van der Waals surface area contributed by atoms with E-state index in [2.05, 4.69) is 10.3 Å². The van der Waals surface area contributed by atoms with Gasteiger partial charge in [-0.15, -0.1) is 0 Å². The van der Waals surface area contributed by atoms with Crippen LogP contribution in [0.5, 0.6) is 0 Å². The lowest BCUT2D eigenvalue weighted by Gasteiger charge is -2.35. The molecule has 3 rings (SSSR count). The molecule has 2 aliphatic heterocycles. The Morgan fingerprint density at radius 1 is 1.30 bits per heavy atom. The van der Waals surface area contributed by atoms with Crippen LogP contribution in [0.4, 0.5) is 0 Å². The number of pyridine rings is 1. The first kappa shape index (κ1) is 13.6. The van der Waals surface area contributed by atoms with Gasteiger partial charge in [-0.25, -0.2) is 0 Å². The number of rotatable bonds is 3. The largest absolute Gasteiger partial charge is 0.342 e. The van der Waals surface area contributed by atoms with E-state index in [-0.39, 0.29) is 5.91 Å². The van der Waals surface area contributed by atoms with Gasteiger partial charge in [0, 0.05) is 31.0 Å². The number of hydrogen-bond donors (Lipinski definition) is 1. The second kappa shape index (κ2) is 6.35. The summed E-state index contributed by atoms with van der Waals surface area (Å²) < 4.78 is 0. The number of carbonyl (C=O) groups is 1. The molecule has 2 aliphatic rings. The van der Waals surface area contributed by atoms with Gasteiger partial charge in [0.1, 0.15) is 0 Å². The summed E-state index contributed by atoms with van der Waals surface area (Å²) in [6, 6.07) is 6.44. The number of carbonyl (C=O) groups excluding carboxylic acids is 1. The van der Waals surface area contributed by atoms with Crippen molar-refractivity contribution in [3.8, 4) is 0 Å². The fraction of sp³-hybridized carbons (Fsp3) is 0.625. The molecule has 1 amide bonds. The second-order valence-corrected chi connectivity index (χ2v) is 5.92. The van der Waals surface area contributed by atoms with Crippen molar-refractivity contribution in [2.45, 2.75) is 38.1 Å². The van der Waals surface area contributed by atoms with Crippen LogP contribution >= 0.6 is 0 Å². The van der Waals surface area contributed by atoms with Gasteiger partial charge in [-0.1, -0.05) is 6.07 Å². The Labute approximate surface area is 120 Å². The highest BCUT2D eigenvalue weighted by molar-refractivity contribution is 5.78. The minimum absolute atomic E-state index is 0.224. The molecule has 0 bridgehead atoms. The van der Waals surface area contributed by atoms with Crippen LogP contribution in [0.1, 0.15) is 31.4 Å². The number of hydrogen-bond acceptors (Lipinski definition) is 3. The lowest BCUT2D eigenvalue weighted by Crippen LogP contribution is -2.43.